The van der Waals surface area contributed by atoms with Crippen LogP contribution in [0.25, 0.3) is 10.9 Å². The zero-order valence-electron chi connectivity index (χ0n) is 15.2. The molecule has 0 radical (unpaired) electrons. The number of nitrogens with one attached hydrogen (secondary N) is 2. The Morgan fingerprint density at radius 3 is 2.67 bits per heavy atom. The zero-order valence-corrected chi connectivity index (χ0v) is 15.2. The van der Waals surface area contributed by atoms with E-state index in [0.29, 0.717) is 35.5 Å². The molecule has 7 nitrogen and oxygen atoms in total. The molecule has 3 aromatic rings. The molecule has 140 valence electrons. The molecule has 2 aromatic heterocycles. The number of nitrogens with zero attached hydrogens (tertiary/aromatic N) is 1. The first-order chi connectivity index (χ1) is 13.1. The van der Waals surface area contributed by atoms with Crippen LogP contribution in [0.1, 0.15) is 17.5 Å². The molecule has 1 aromatic carbocycles. The maximum Gasteiger partial charge on any atom is 0.251 e. The third-order valence-electron chi connectivity index (χ3n) is 4.26. The molecule has 0 aliphatic heterocycles. The van der Waals surface area contributed by atoms with Gasteiger partial charge in [0, 0.05) is 42.4 Å². The van der Waals surface area contributed by atoms with Crippen LogP contribution in [0.5, 0.6) is 11.5 Å². The van der Waals surface area contributed by atoms with Crippen molar-refractivity contribution in [3.05, 3.63) is 64.2 Å². The van der Waals surface area contributed by atoms with Gasteiger partial charge in [0.2, 0.25) is 5.91 Å². The van der Waals surface area contributed by atoms with Crippen LogP contribution in [0.3, 0.4) is 0 Å². The smallest absolute Gasteiger partial charge is 0.251 e. The minimum Gasteiger partial charge on any atom is -0.493 e. The summed E-state index contributed by atoms with van der Waals surface area (Å²) in [4.78, 5) is 31.2. The summed E-state index contributed by atoms with van der Waals surface area (Å²) in [6.45, 7) is 0.414. The molecule has 0 saturated carbocycles. The van der Waals surface area contributed by atoms with Crippen LogP contribution in [-0.2, 0) is 17.8 Å². The summed E-state index contributed by atoms with van der Waals surface area (Å²) >= 11 is 0. The Labute approximate surface area is 156 Å². The highest BCUT2D eigenvalue weighted by atomic mass is 16.5. The summed E-state index contributed by atoms with van der Waals surface area (Å²) in [5, 5.41) is 3.65. The summed E-state index contributed by atoms with van der Waals surface area (Å²) in [5.41, 5.74) is 1.92. The number of rotatable bonds is 7. The van der Waals surface area contributed by atoms with Crippen molar-refractivity contribution in [3.63, 3.8) is 0 Å². The van der Waals surface area contributed by atoms with Gasteiger partial charge in [0.15, 0.2) is 11.5 Å². The van der Waals surface area contributed by atoms with Gasteiger partial charge in [-0.25, -0.2) is 0 Å². The molecule has 0 atom stereocenters. The highest BCUT2D eigenvalue weighted by molar-refractivity contribution is 5.83. The lowest BCUT2D eigenvalue weighted by Gasteiger charge is -2.10. The third-order valence-corrected chi connectivity index (χ3v) is 4.26. The van der Waals surface area contributed by atoms with E-state index in [2.05, 4.69) is 15.3 Å². The lowest BCUT2D eigenvalue weighted by Crippen LogP contribution is -2.24. The van der Waals surface area contributed by atoms with Gasteiger partial charge < -0.3 is 19.8 Å². The van der Waals surface area contributed by atoms with Crippen LogP contribution >= 0.6 is 0 Å². The summed E-state index contributed by atoms with van der Waals surface area (Å²) in [6, 6.07) is 9.02. The Morgan fingerprint density at radius 1 is 1.19 bits per heavy atom. The van der Waals surface area contributed by atoms with E-state index in [1.807, 2.05) is 12.1 Å². The van der Waals surface area contributed by atoms with Crippen LogP contribution in [0.4, 0.5) is 0 Å². The van der Waals surface area contributed by atoms with E-state index in [0.717, 1.165) is 10.9 Å². The van der Waals surface area contributed by atoms with Crippen molar-refractivity contribution in [3.8, 4) is 11.5 Å². The number of aryl methyl sites for hydroxylation is 1. The molecule has 0 aliphatic carbocycles. The zero-order chi connectivity index (χ0) is 19.2. The predicted octanol–water partition coefficient (Wildman–Crippen LogP) is 2.19. The van der Waals surface area contributed by atoms with Crippen LogP contribution < -0.4 is 20.3 Å². The summed E-state index contributed by atoms with van der Waals surface area (Å²) in [6.07, 6.45) is 3.96. The third kappa shape index (κ3) is 4.44. The Morgan fingerprint density at radius 2 is 1.96 bits per heavy atom. The van der Waals surface area contributed by atoms with Crippen molar-refractivity contribution in [1.82, 2.24) is 15.3 Å². The van der Waals surface area contributed by atoms with Gasteiger partial charge in [-0.05, 0) is 30.2 Å². The van der Waals surface area contributed by atoms with Gasteiger partial charge in [-0.1, -0.05) is 6.07 Å². The van der Waals surface area contributed by atoms with E-state index < -0.39 is 0 Å². The average molecular weight is 367 g/mol. The van der Waals surface area contributed by atoms with Gasteiger partial charge in [-0.3, -0.25) is 14.6 Å². The van der Waals surface area contributed by atoms with Gasteiger partial charge >= 0.3 is 0 Å². The molecule has 0 spiro atoms. The standard InChI is InChI=1S/C20H21N3O4/c1-26-17-9-15-8-14(20(25)23-16(15)10-18(17)27-2)5-6-19(24)22-12-13-4-3-7-21-11-13/h3-4,7-11H,5-6,12H2,1-2H3,(H,22,24)(H,23,25). The quantitative estimate of drug-likeness (QED) is 0.668. The van der Waals surface area contributed by atoms with Crippen molar-refractivity contribution < 1.29 is 14.3 Å². The number of carbonyl (C=O) groups is 1. The van der Waals surface area contributed by atoms with Gasteiger partial charge in [0.25, 0.3) is 5.56 Å². The number of methoxy groups -OCH3 is 2. The van der Waals surface area contributed by atoms with Crippen molar-refractivity contribution in [2.75, 3.05) is 14.2 Å². The number of hydrogen-bond acceptors (Lipinski definition) is 5. The van der Waals surface area contributed by atoms with E-state index in [4.69, 9.17) is 9.47 Å². The molecular weight excluding hydrogens is 346 g/mol. The summed E-state index contributed by atoms with van der Waals surface area (Å²) in [5.74, 6) is 1.01. The van der Waals surface area contributed by atoms with E-state index in [1.54, 1.807) is 44.8 Å². The van der Waals surface area contributed by atoms with Crippen LogP contribution in [0.2, 0.25) is 0 Å². The number of amides is 1. The van der Waals surface area contributed by atoms with Crippen molar-refractivity contribution in [1.29, 1.82) is 0 Å². The van der Waals surface area contributed by atoms with E-state index >= 15 is 0 Å². The first-order valence-electron chi connectivity index (χ1n) is 8.54. The monoisotopic (exact) mass is 367 g/mol. The first kappa shape index (κ1) is 18.4. The van der Waals surface area contributed by atoms with Gasteiger partial charge in [0.05, 0.1) is 19.7 Å². The molecule has 0 bridgehead atoms. The van der Waals surface area contributed by atoms with E-state index in [-0.39, 0.29) is 17.9 Å². The molecule has 0 fully saturated rings. The summed E-state index contributed by atoms with van der Waals surface area (Å²) < 4.78 is 10.6. The molecule has 2 N–H and O–H groups in total. The van der Waals surface area contributed by atoms with Crippen LogP contribution in [-0.4, -0.2) is 30.1 Å². The fourth-order valence-electron chi connectivity index (χ4n) is 2.80. The molecule has 2 heterocycles. The van der Waals surface area contributed by atoms with Gasteiger partial charge in [0.1, 0.15) is 0 Å². The molecule has 3 rings (SSSR count). The predicted molar refractivity (Wildman–Crippen MR) is 102 cm³/mol. The molecular formula is C20H21N3O4. The number of benzene rings is 1. The number of aromatic nitrogens is 2. The average Bonchev–Trinajstić information content (AvgIpc) is 2.70. The number of hydrogen-bond donors (Lipinski definition) is 2. The van der Waals surface area contributed by atoms with Gasteiger partial charge in [-0.15, -0.1) is 0 Å². The highest BCUT2D eigenvalue weighted by Crippen LogP contribution is 2.31. The second kappa shape index (κ2) is 8.35. The minimum atomic E-state index is -0.213. The largest absolute Gasteiger partial charge is 0.493 e. The number of carbonyl (C=O) groups excluding carboxylic acids is 1. The molecule has 7 heteroatoms. The normalized spacial score (nSPS) is 10.6. The highest BCUT2D eigenvalue weighted by Gasteiger charge is 2.10. The number of aromatic amines is 1. The van der Waals surface area contributed by atoms with Gasteiger partial charge in [-0.2, -0.15) is 0 Å². The van der Waals surface area contributed by atoms with Crippen molar-refractivity contribution in [2.24, 2.45) is 0 Å². The first-order valence-corrected chi connectivity index (χ1v) is 8.54. The Bertz CT molecular complexity index is 999. The Balaban J connectivity index is 1.70. The van der Waals surface area contributed by atoms with Crippen LogP contribution in [0.15, 0.2) is 47.5 Å². The topological polar surface area (TPSA) is 93.3 Å². The number of H-pyrrole nitrogens is 1. The fraction of sp³-hybridized carbons (Fsp3) is 0.250. The van der Waals surface area contributed by atoms with Crippen molar-refractivity contribution in [2.45, 2.75) is 19.4 Å². The maximum absolute atomic E-state index is 12.3. The number of fused-ring (bicyclic) bond motifs is 1. The number of ether oxygens (including phenoxy) is 2. The summed E-state index contributed by atoms with van der Waals surface area (Å²) in [7, 11) is 3.10. The van der Waals surface area contributed by atoms with E-state index in [1.165, 1.54) is 0 Å². The van der Waals surface area contributed by atoms with Crippen LogP contribution in [0, 0.1) is 0 Å². The Kier molecular flexibility index (Phi) is 5.71. The molecule has 1 amide bonds. The maximum atomic E-state index is 12.3. The second-order valence-corrected chi connectivity index (χ2v) is 6.06. The number of pyridine rings is 2. The molecule has 0 saturated heterocycles. The minimum absolute atomic E-state index is 0.120. The lowest BCUT2D eigenvalue weighted by molar-refractivity contribution is -0.121. The molecule has 27 heavy (non-hydrogen) atoms. The lowest BCUT2D eigenvalue weighted by atomic mass is 10.1. The molecule has 0 unspecified atom stereocenters. The molecule has 0 aliphatic rings. The fourth-order valence-corrected chi connectivity index (χ4v) is 2.80. The van der Waals surface area contributed by atoms with E-state index in [9.17, 15) is 9.59 Å². The Hall–Kier alpha value is -3.35. The van der Waals surface area contributed by atoms with Crippen molar-refractivity contribution >= 4 is 16.8 Å². The SMILES string of the molecule is COc1cc2cc(CCC(=O)NCc3cccnc3)c(=O)[nH]c2cc1OC. The second-order valence-electron chi connectivity index (χ2n) is 6.06.